The van der Waals surface area contributed by atoms with Crippen LogP contribution in [0.25, 0.3) is 0 Å². The molecule has 0 rings (SSSR count). The van der Waals surface area contributed by atoms with Crippen LogP contribution in [0.4, 0.5) is 0 Å². The molecule has 0 radical (unpaired) electrons. The third-order valence-corrected chi connectivity index (χ3v) is 6.84. The highest BCUT2D eigenvalue weighted by Crippen LogP contribution is 1.99. The van der Waals surface area contributed by atoms with Gasteiger partial charge in [-0.1, -0.05) is 32.9 Å². The third-order valence-electron chi connectivity index (χ3n) is 6.84. The van der Waals surface area contributed by atoms with Gasteiger partial charge in [0.05, 0.1) is 124 Å². The first-order valence-electron chi connectivity index (χ1n) is 20.4. The highest BCUT2D eigenvalue weighted by Gasteiger charge is 2.10. The number of amides is 5. The quantitative estimate of drug-likeness (QED) is 0.0262. The number of carbonyl (C=O) groups excluding carboxylic acids is 5. The van der Waals surface area contributed by atoms with Gasteiger partial charge in [0.1, 0.15) is 13.5 Å². The van der Waals surface area contributed by atoms with Crippen molar-refractivity contribution < 1.29 is 76.4 Å². The van der Waals surface area contributed by atoms with Gasteiger partial charge in [0.15, 0.2) is 0 Å². The maximum atomic E-state index is 11.0. The smallest absolute Gasteiger partial charge is 0.245 e. The molecular weight excluding hydrogens is 830 g/mol. The zero-order chi connectivity index (χ0) is 47.6. The Balaban J connectivity index is -0.000000983. The molecule has 0 spiro atoms. The van der Waals surface area contributed by atoms with Crippen LogP contribution in [0.15, 0.2) is 63.3 Å². The SMILES string of the molecule is C=CC(=O)NCCO.C=CC(=O)NCCOCCOCCOCCOCCOCCOCCNC(=O)C=C.C=CC(=O)NCOC(C)COCC(C)OCC(C)OCNC(=O)C=C. The van der Waals surface area contributed by atoms with E-state index < -0.39 is 0 Å². The van der Waals surface area contributed by atoms with Gasteiger partial charge in [0.2, 0.25) is 29.5 Å². The van der Waals surface area contributed by atoms with Gasteiger partial charge in [-0.2, -0.15) is 0 Å². The van der Waals surface area contributed by atoms with E-state index in [0.29, 0.717) is 119 Å². The molecule has 0 aliphatic carbocycles. The number of ether oxygens (including phenoxy) is 10. The van der Waals surface area contributed by atoms with Gasteiger partial charge in [0, 0.05) is 19.6 Å². The molecule has 0 aromatic rings. The van der Waals surface area contributed by atoms with Crippen molar-refractivity contribution in [2.75, 3.05) is 139 Å². The first-order valence-corrected chi connectivity index (χ1v) is 20.4. The second-order valence-electron chi connectivity index (χ2n) is 12.3. The average Bonchev–Trinajstić information content (AvgIpc) is 3.29. The Hall–Kier alpha value is -4.39. The Labute approximate surface area is 373 Å². The summed E-state index contributed by atoms with van der Waals surface area (Å²) in [7, 11) is 0. The Bertz CT molecular complexity index is 1170. The zero-order valence-electron chi connectivity index (χ0n) is 37.6. The molecule has 0 saturated heterocycles. The molecule has 63 heavy (non-hydrogen) atoms. The predicted octanol–water partition coefficient (Wildman–Crippen LogP) is -0.291. The van der Waals surface area contributed by atoms with Crippen LogP contribution in [0.1, 0.15) is 20.8 Å². The number of aliphatic hydroxyl groups is 1. The highest BCUT2D eigenvalue weighted by atomic mass is 16.6. The second kappa shape index (κ2) is 50.3. The molecule has 0 aromatic carbocycles. The summed E-state index contributed by atoms with van der Waals surface area (Å²) in [5, 5.41) is 20.8. The molecule has 5 amide bonds. The van der Waals surface area contributed by atoms with Gasteiger partial charge in [0.25, 0.3) is 0 Å². The molecule has 0 aliphatic rings. The molecule has 6 N–H and O–H groups in total. The predicted molar refractivity (Wildman–Crippen MR) is 235 cm³/mol. The largest absolute Gasteiger partial charge is 0.395 e. The molecule has 0 aliphatic heterocycles. The lowest BCUT2D eigenvalue weighted by Crippen LogP contribution is -2.31. The summed E-state index contributed by atoms with van der Waals surface area (Å²) in [6, 6.07) is 0. The van der Waals surface area contributed by atoms with E-state index in [1.807, 2.05) is 20.8 Å². The summed E-state index contributed by atoms with van der Waals surface area (Å²) < 4.78 is 53.9. The molecule has 3 unspecified atom stereocenters. The Kier molecular flexibility index (Phi) is 50.2. The topological polar surface area (TPSA) is 258 Å². The minimum atomic E-state index is -0.282. The van der Waals surface area contributed by atoms with Crippen LogP contribution in [-0.2, 0) is 71.3 Å². The lowest BCUT2D eigenvalue weighted by molar-refractivity contribution is -0.121. The standard InChI is InChI=1S/C20H36N2O8.C17H30N2O6.C5H9NO2/c1-3-19(23)21-5-7-25-9-11-27-13-15-29-17-18-30-16-14-28-12-10-26-8-6-22-20(24)4-2;1-6-16(20)18-11-24-14(4)9-22-8-13(3)23-10-15(5)25-12-19-17(21)7-2;1-2-5(8)6-3-4-7/h3-4H,1-2,5-18H2,(H,21,23)(H,22,24);6-7,13-15H,1-2,8-12H2,3-5H3,(H,18,20)(H,19,21);2,7H,1,3-4H2,(H,6,8). The van der Waals surface area contributed by atoms with Crippen molar-refractivity contribution in [3.8, 4) is 0 Å². The summed E-state index contributed by atoms with van der Waals surface area (Å²) in [6.45, 7) is 30.4. The van der Waals surface area contributed by atoms with E-state index in [2.05, 4.69) is 59.5 Å². The van der Waals surface area contributed by atoms with Gasteiger partial charge in [-0.25, -0.2) is 0 Å². The fourth-order valence-electron chi connectivity index (χ4n) is 3.59. The first-order chi connectivity index (χ1) is 30.4. The van der Waals surface area contributed by atoms with Crippen molar-refractivity contribution in [1.29, 1.82) is 0 Å². The second-order valence-corrected chi connectivity index (χ2v) is 12.3. The van der Waals surface area contributed by atoms with E-state index >= 15 is 0 Å². The van der Waals surface area contributed by atoms with E-state index in [9.17, 15) is 24.0 Å². The molecule has 364 valence electrons. The minimum Gasteiger partial charge on any atom is -0.395 e. The van der Waals surface area contributed by atoms with Crippen LogP contribution >= 0.6 is 0 Å². The fourth-order valence-corrected chi connectivity index (χ4v) is 3.59. The molecule has 21 heteroatoms. The molecular formula is C42H75N5O16. The maximum absolute atomic E-state index is 11.0. The first kappa shape index (κ1) is 62.9. The zero-order valence-corrected chi connectivity index (χ0v) is 37.6. The highest BCUT2D eigenvalue weighted by molar-refractivity contribution is 5.88. The molecule has 0 aromatic heterocycles. The normalized spacial score (nSPS) is 11.7. The van der Waals surface area contributed by atoms with Crippen molar-refractivity contribution in [3.63, 3.8) is 0 Å². The third kappa shape index (κ3) is 53.7. The molecule has 21 nitrogen and oxygen atoms in total. The van der Waals surface area contributed by atoms with Crippen LogP contribution < -0.4 is 26.6 Å². The van der Waals surface area contributed by atoms with E-state index in [0.717, 1.165) is 6.08 Å². The van der Waals surface area contributed by atoms with Crippen molar-refractivity contribution in [1.82, 2.24) is 26.6 Å². The van der Waals surface area contributed by atoms with Crippen molar-refractivity contribution in [2.45, 2.75) is 39.1 Å². The van der Waals surface area contributed by atoms with Crippen molar-refractivity contribution in [3.05, 3.63) is 63.3 Å². The molecule has 0 heterocycles. The number of hydrogen-bond donors (Lipinski definition) is 6. The van der Waals surface area contributed by atoms with Crippen LogP contribution in [-0.4, -0.2) is 192 Å². The maximum Gasteiger partial charge on any atom is 0.245 e. The number of nitrogens with one attached hydrogen (secondary N) is 5. The van der Waals surface area contributed by atoms with E-state index in [1.54, 1.807) is 0 Å². The van der Waals surface area contributed by atoms with Gasteiger partial charge in [-0.3, -0.25) is 24.0 Å². The van der Waals surface area contributed by atoms with Crippen LogP contribution in [0.2, 0.25) is 0 Å². The Morgan fingerprint density at radius 2 is 0.667 bits per heavy atom. The van der Waals surface area contributed by atoms with Crippen LogP contribution in [0.3, 0.4) is 0 Å². The van der Waals surface area contributed by atoms with E-state index in [4.69, 9.17) is 52.5 Å². The Morgan fingerprint density at radius 3 is 0.984 bits per heavy atom. The van der Waals surface area contributed by atoms with Crippen molar-refractivity contribution >= 4 is 29.5 Å². The summed E-state index contributed by atoms with van der Waals surface area (Å²) in [5.41, 5.74) is 0. The van der Waals surface area contributed by atoms with E-state index in [-0.39, 0.29) is 67.9 Å². The lowest BCUT2D eigenvalue weighted by atomic mass is 10.4. The summed E-state index contributed by atoms with van der Waals surface area (Å²) >= 11 is 0. The van der Waals surface area contributed by atoms with Gasteiger partial charge in [-0.15, -0.1) is 0 Å². The Morgan fingerprint density at radius 1 is 0.397 bits per heavy atom. The van der Waals surface area contributed by atoms with Crippen LogP contribution in [0.5, 0.6) is 0 Å². The lowest BCUT2D eigenvalue weighted by Gasteiger charge is -2.19. The van der Waals surface area contributed by atoms with E-state index in [1.165, 1.54) is 24.3 Å². The number of carbonyl (C=O) groups is 5. The van der Waals surface area contributed by atoms with Gasteiger partial charge in [-0.05, 0) is 51.2 Å². The van der Waals surface area contributed by atoms with Crippen LogP contribution in [0, 0.1) is 0 Å². The van der Waals surface area contributed by atoms with Crippen molar-refractivity contribution in [2.24, 2.45) is 0 Å². The fraction of sp³-hybridized carbons (Fsp3) is 0.643. The monoisotopic (exact) mass is 906 g/mol. The molecule has 0 fully saturated rings. The minimum absolute atomic E-state index is 0.0282. The molecule has 3 atom stereocenters. The average molecular weight is 906 g/mol. The van der Waals surface area contributed by atoms with Gasteiger partial charge >= 0.3 is 0 Å². The van der Waals surface area contributed by atoms with Gasteiger partial charge < -0.3 is 79.1 Å². The summed E-state index contributed by atoms with van der Waals surface area (Å²) in [4.78, 5) is 53.9. The summed E-state index contributed by atoms with van der Waals surface area (Å²) in [6.07, 6.45) is 5.53. The number of aliphatic hydroxyl groups excluding tert-OH is 1. The molecule has 0 saturated carbocycles. The summed E-state index contributed by atoms with van der Waals surface area (Å²) in [5.74, 6) is -1.24. The number of hydrogen-bond acceptors (Lipinski definition) is 16. The number of rotatable bonds is 41. The molecule has 0 bridgehead atoms.